The third-order valence-corrected chi connectivity index (χ3v) is 9.18. The van der Waals surface area contributed by atoms with Gasteiger partial charge in [-0.15, -0.1) is 0 Å². The highest BCUT2D eigenvalue weighted by atomic mass is 16.4. The predicted molar refractivity (Wildman–Crippen MR) is 136 cm³/mol. The molecule has 0 aromatic rings. The van der Waals surface area contributed by atoms with Crippen LogP contribution in [0.2, 0.25) is 0 Å². The Labute approximate surface area is 204 Å². The Morgan fingerprint density at radius 1 is 0.941 bits per heavy atom. The van der Waals surface area contributed by atoms with Crippen LogP contribution in [0.3, 0.4) is 0 Å². The van der Waals surface area contributed by atoms with Crippen molar-refractivity contribution in [2.75, 3.05) is 0 Å². The van der Waals surface area contributed by atoms with Gasteiger partial charge in [0.2, 0.25) is 0 Å². The molecule has 4 heteroatoms. The average Bonchev–Trinajstić information content (AvgIpc) is 3.02. The van der Waals surface area contributed by atoms with Crippen molar-refractivity contribution in [1.29, 1.82) is 0 Å². The molecule has 3 rings (SSSR count). The van der Waals surface area contributed by atoms with Crippen LogP contribution in [-0.2, 0) is 14.4 Å². The average molecular weight is 465 g/mol. The largest absolute Gasteiger partial charge is 0.478 e. The first-order chi connectivity index (χ1) is 15.7. The highest BCUT2D eigenvalue weighted by molar-refractivity contribution is 6.01. The van der Waals surface area contributed by atoms with E-state index >= 15 is 0 Å². The molecular formula is C30H40O4. The number of carboxylic acid groups (broad SMARTS) is 1. The van der Waals surface area contributed by atoms with E-state index in [0.29, 0.717) is 24.5 Å². The lowest BCUT2D eigenvalue weighted by molar-refractivity contribution is -0.154. The number of hydrogen-bond donors (Lipinski definition) is 1. The highest BCUT2D eigenvalue weighted by Gasteiger charge is 2.64. The normalized spacial score (nSPS) is 35.6. The zero-order valence-corrected chi connectivity index (χ0v) is 21.8. The second-order valence-electron chi connectivity index (χ2n) is 11.7. The molecule has 0 spiro atoms. The minimum absolute atomic E-state index is 0.00863. The van der Waals surface area contributed by atoms with E-state index in [-0.39, 0.29) is 33.5 Å². The Morgan fingerprint density at radius 2 is 1.59 bits per heavy atom. The number of rotatable bonds is 5. The lowest BCUT2D eigenvalue weighted by Crippen LogP contribution is -2.56. The van der Waals surface area contributed by atoms with Crippen molar-refractivity contribution in [2.45, 2.75) is 80.6 Å². The zero-order chi connectivity index (χ0) is 25.5. The molecule has 0 aliphatic heterocycles. The fourth-order valence-corrected chi connectivity index (χ4v) is 7.28. The smallest absolute Gasteiger partial charge is 0.331 e. The molecule has 3 aliphatic rings. The van der Waals surface area contributed by atoms with Gasteiger partial charge < -0.3 is 5.11 Å². The van der Waals surface area contributed by atoms with Gasteiger partial charge in [0.05, 0.1) is 0 Å². The number of aliphatic carboxylic acids is 1. The Kier molecular flexibility index (Phi) is 7.13. The van der Waals surface area contributed by atoms with Gasteiger partial charge in [-0.1, -0.05) is 69.7 Å². The maximum absolute atomic E-state index is 13.3. The van der Waals surface area contributed by atoms with Crippen molar-refractivity contribution in [3.63, 3.8) is 0 Å². The van der Waals surface area contributed by atoms with Crippen LogP contribution in [-0.4, -0.2) is 22.6 Å². The summed E-state index contributed by atoms with van der Waals surface area (Å²) in [6.45, 7) is 14.4. The van der Waals surface area contributed by atoms with Crippen molar-refractivity contribution in [3.05, 3.63) is 58.7 Å². The molecule has 0 saturated heterocycles. The summed E-state index contributed by atoms with van der Waals surface area (Å²) in [7, 11) is 0. The molecule has 0 aromatic carbocycles. The van der Waals surface area contributed by atoms with Gasteiger partial charge in [-0.05, 0) is 62.9 Å². The van der Waals surface area contributed by atoms with Crippen molar-refractivity contribution in [3.8, 4) is 0 Å². The number of carbonyl (C=O) groups excluding carboxylic acids is 2. The summed E-state index contributed by atoms with van der Waals surface area (Å²) in [4.78, 5) is 36.9. The first-order valence-corrected chi connectivity index (χ1v) is 12.5. The van der Waals surface area contributed by atoms with Gasteiger partial charge in [-0.2, -0.15) is 0 Å². The number of allylic oxidation sites excluding steroid dienone is 9. The van der Waals surface area contributed by atoms with Crippen LogP contribution >= 0.6 is 0 Å². The fourth-order valence-electron chi connectivity index (χ4n) is 7.28. The Hall–Kier alpha value is -2.49. The van der Waals surface area contributed by atoms with Crippen LogP contribution in [0.1, 0.15) is 80.6 Å². The monoisotopic (exact) mass is 464 g/mol. The quantitative estimate of drug-likeness (QED) is 0.359. The van der Waals surface area contributed by atoms with Gasteiger partial charge in [0.1, 0.15) is 5.78 Å². The molecule has 0 amide bonds. The van der Waals surface area contributed by atoms with Crippen LogP contribution in [0.25, 0.3) is 0 Å². The molecule has 0 radical (unpaired) electrons. The molecule has 0 bridgehead atoms. The molecule has 3 fully saturated rings. The molecule has 1 N–H and O–H groups in total. The molecule has 4 atom stereocenters. The Morgan fingerprint density at radius 3 is 2.24 bits per heavy atom. The van der Waals surface area contributed by atoms with E-state index in [9.17, 15) is 14.4 Å². The van der Waals surface area contributed by atoms with Crippen LogP contribution < -0.4 is 0 Å². The third-order valence-electron chi connectivity index (χ3n) is 9.18. The molecule has 0 aromatic heterocycles. The number of carboxylic acids is 1. The van der Waals surface area contributed by atoms with Crippen LogP contribution in [0.15, 0.2) is 58.7 Å². The number of ketones is 2. The van der Waals surface area contributed by atoms with Gasteiger partial charge in [-0.3, -0.25) is 9.59 Å². The van der Waals surface area contributed by atoms with E-state index in [1.807, 2.05) is 38.2 Å². The van der Waals surface area contributed by atoms with Gasteiger partial charge >= 0.3 is 5.97 Å². The van der Waals surface area contributed by atoms with E-state index in [0.717, 1.165) is 36.0 Å². The lowest BCUT2D eigenvalue weighted by Gasteiger charge is -2.60. The number of carbonyl (C=O) groups is 3. The standard InChI is InChI=1S/C30H40O4/c1-19(11-9-13-21(3)27(33)34)10-8-12-20(2)26-22(31)18-24-29(6)17-15-25(32)28(4,5)23(29)14-16-30(24,26)7/h8-13,23-24H,14-18H2,1-7H3,(H,33,34)/b11-9+,12-8+,19-10+,21-13-,26-20-/t23?,24-,29-,30-/m0/s1. The topological polar surface area (TPSA) is 71.4 Å². The lowest BCUT2D eigenvalue weighted by atomic mass is 9.43. The summed E-state index contributed by atoms with van der Waals surface area (Å²) in [6.07, 6.45) is 15.2. The molecule has 34 heavy (non-hydrogen) atoms. The van der Waals surface area contributed by atoms with E-state index in [1.54, 1.807) is 19.1 Å². The number of hydrogen-bond acceptors (Lipinski definition) is 3. The van der Waals surface area contributed by atoms with Gasteiger partial charge in [0.15, 0.2) is 5.78 Å². The van der Waals surface area contributed by atoms with Crippen LogP contribution in [0.5, 0.6) is 0 Å². The minimum atomic E-state index is -0.923. The molecule has 4 nitrogen and oxygen atoms in total. The van der Waals surface area contributed by atoms with Crippen LogP contribution in [0.4, 0.5) is 0 Å². The summed E-state index contributed by atoms with van der Waals surface area (Å²) in [5.74, 6) is 0.330. The minimum Gasteiger partial charge on any atom is -0.478 e. The number of Topliss-reactive ketones (excluding diaryl/α,β-unsaturated/α-hetero) is 2. The highest BCUT2D eigenvalue weighted by Crippen LogP contribution is 2.68. The van der Waals surface area contributed by atoms with E-state index in [4.69, 9.17) is 5.11 Å². The maximum atomic E-state index is 13.3. The Bertz CT molecular complexity index is 1050. The van der Waals surface area contributed by atoms with E-state index < -0.39 is 5.97 Å². The molecule has 3 aliphatic carbocycles. The fraction of sp³-hybridized carbons (Fsp3) is 0.567. The van der Waals surface area contributed by atoms with E-state index in [1.165, 1.54) is 0 Å². The van der Waals surface area contributed by atoms with Gasteiger partial charge in [-0.25, -0.2) is 4.79 Å². The summed E-state index contributed by atoms with van der Waals surface area (Å²) in [5, 5.41) is 8.92. The maximum Gasteiger partial charge on any atom is 0.331 e. The summed E-state index contributed by atoms with van der Waals surface area (Å²) in [6, 6.07) is 0. The van der Waals surface area contributed by atoms with Crippen molar-refractivity contribution < 1.29 is 19.5 Å². The molecule has 3 saturated carbocycles. The van der Waals surface area contributed by atoms with Gasteiger partial charge in [0.25, 0.3) is 0 Å². The van der Waals surface area contributed by atoms with Crippen molar-refractivity contribution in [2.24, 2.45) is 28.1 Å². The molecule has 1 unspecified atom stereocenters. The third kappa shape index (κ3) is 4.44. The summed E-state index contributed by atoms with van der Waals surface area (Å²) < 4.78 is 0. The number of fused-ring (bicyclic) bond motifs is 3. The zero-order valence-electron chi connectivity index (χ0n) is 21.8. The van der Waals surface area contributed by atoms with E-state index in [2.05, 4.69) is 27.7 Å². The van der Waals surface area contributed by atoms with Crippen molar-refractivity contribution >= 4 is 17.5 Å². The molecular weight excluding hydrogens is 424 g/mol. The Balaban J connectivity index is 1.86. The molecule has 184 valence electrons. The predicted octanol–water partition coefficient (Wildman–Crippen LogP) is 6.79. The van der Waals surface area contributed by atoms with Crippen LogP contribution in [0, 0.1) is 28.1 Å². The summed E-state index contributed by atoms with van der Waals surface area (Å²) >= 11 is 0. The van der Waals surface area contributed by atoms with Gasteiger partial charge in [0, 0.05) is 34.8 Å². The summed E-state index contributed by atoms with van der Waals surface area (Å²) in [5.41, 5.74) is 2.83. The second kappa shape index (κ2) is 9.28. The second-order valence-corrected chi connectivity index (χ2v) is 11.7. The SMILES string of the molecule is C/C(=C/C=C/C(C)=C/C=C/C(C)=C1/C(=O)C[C@H]2[C@@]3(C)CCC(=O)C(C)(C)C3CC[C@]12C)C(=O)O. The van der Waals surface area contributed by atoms with Crippen molar-refractivity contribution in [1.82, 2.24) is 0 Å². The molecule has 0 heterocycles. The first kappa shape index (κ1) is 26.1. The first-order valence-electron chi connectivity index (χ1n) is 12.5.